The number of piperazine rings is 1. The third kappa shape index (κ3) is 5.99. The van der Waals surface area contributed by atoms with Crippen molar-refractivity contribution in [1.82, 2.24) is 9.88 Å². The van der Waals surface area contributed by atoms with Gasteiger partial charge in [-0.05, 0) is 38.2 Å². The summed E-state index contributed by atoms with van der Waals surface area (Å²) in [5.74, 6) is 0.0261. The van der Waals surface area contributed by atoms with Crippen molar-refractivity contribution < 1.29 is 23.8 Å². The number of halogens is 1. The molecule has 1 aliphatic rings. The highest BCUT2D eigenvalue weighted by molar-refractivity contribution is 6.34. The number of aromatic nitrogens is 1. The summed E-state index contributed by atoms with van der Waals surface area (Å²) in [7, 11) is 2.10. The zero-order valence-electron chi connectivity index (χ0n) is 18.1. The molecular formula is C23H26ClN3O5. The Morgan fingerprint density at radius 1 is 1.25 bits per heavy atom. The number of para-hydroxylation sites is 1. The van der Waals surface area contributed by atoms with E-state index in [1.54, 1.807) is 37.3 Å². The number of oxazole rings is 1. The minimum Gasteiger partial charge on any atom is -0.507 e. The number of carbonyl (C=O) groups is 2. The molecule has 0 bridgehead atoms. The predicted octanol–water partition coefficient (Wildman–Crippen LogP) is 3.54. The molecule has 0 radical (unpaired) electrons. The second-order valence-electron chi connectivity index (χ2n) is 7.33. The summed E-state index contributed by atoms with van der Waals surface area (Å²) in [6.07, 6.45) is 0.696. The summed E-state index contributed by atoms with van der Waals surface area (Å²) in [6, 6.07) is 10.5. The maximum absolute atomic E-state index is 11.2. The van der Waals surface area contributed by atoms with Crippen LogP contribution in [0.4, 0.5) is 5.69 Å². The molecule has 0 spiro atoms. The van der Waals surface area contributed by atoms with E-state index in [-0.39, 0.29) is 18.1 Å². The Hall–Kier alpha value is -3.10. The molecule has 0 amide bonds. The second kappa shape index (κ2) is 11.0. The molecule has 8 nitrogen and oxygen atoms in total. The van der Waals surface area contributed by atoms with Crippen molar-refractivity contribution in [2.24, 2.45) is 0 Å². The molecule has 0 atom stereocenters. The molecule has 2 aromatic carbocycles. The molecule has 0 unspecified atom stereocenters. The molecule has 170 valence electrons. The number of aldehydes is 1. The zero-order chi connectivity index (χ0) is 23.1. The van der Waals surface area contributed by atoms with Crippen LogP contribution >= 0.6 is 11.6 Å². The van der Waals surface area contributed by atoms with E-state index in [1.807, 2.05) is 6.07 Å². The van der Waals surface area contributed by atoms with Gasteiger partial charge < -0.3 is 24.1 Å². The highest BCUT2D eigenvalue weighted by Gasteiger charge is 2.15. The fourth-order valence-corrected chi connectivity index (χ4v) is 3.47. The molecule has 0 aliphatic carbocycles. The van der Waals surface area contributed by atoms with Crippen molar-refractivity contribution >= 4 is 40.6 Å². The molecule has 2 heterocycles. The topological polar surface area (TPSA) is 96.1 Å². The van der Waals surface area contributed by atoms with Crippen molar-refractivity contribution in [2.45, 2.75) is 13.3 Å². The predicted molar refractivity (Wildman–Crippen MR) is 123 cm³/mol. The molecule has 4 rings (SSSR count). The van der Waals surface area contributed by atoms with Crippen molar-refractivity contribution in [3.05, 3.63) is 52.9 Å². The number of likely N-dealkylation sites (N-methyl/N-ethyl adjacent to an activating group) is 1. The van der Waals surface area contributed by atoms with E-state index in [4.69, 9.17) is 20.8 Å². The van der Waals surface area contributed by atoms with Crippen LogP contribution in [0.2, 0.25) is 5.02 Å². The maximum atomic E-state index is 11.2. The number of hydrogen-bond donors (Lipinski definition) is 1. The van der Waals surface area contributed by atoms with Crippen LogP contribution in [0.1, 0.15) is 23.2 Å². The molecule has 3 aromatic rings. The molecule has 32 heavy (non-hydrogen) atoms. The third-order valence-electron chi connectivity index (χ3n) is 5.02. The molecule has 1 fully saturated rings. The fraction of sp³-hybridized carbons (Fsp3) is 0.348. The average molecular weight is 460 g/mol. The van der Waals surface area contributed by atoms with Gasteiger partial charge in [-0.3, -0.25) is 9.59 Å². The van der Waals surface area contributed by atoms with Crippen molar-refractivity contribution in [3.63, 3.8) is 0 Å². The molecule has 0 saturated carbocycles. The number of fused-ring (bicyclic) bond motifs is 1. The van der Waals surface area contributed by atoms with Crippen LogP contribution in [0.3, 0.4) is 0 Å². The van der Waals surface area contributed by atoms with Crippen LogP contribution in [-0.4, -0.2) is 67.1 Å². The van der Waals surface area contributed by atoms with Crippen molar-refractivity contribution in [3.8, 4) is 5.75 Å². The lowest BCUT2D eigenvalue weighted by atomic mass is 10.1. The average Bonchev–Trinajstić information content (AvgIpc) is 3.18. The summed E-state index contributed by atoms with van der Waals surface area (Å²) in [6.45, 7) is 6.06. The minimum absolute atomic E-state index is 0.0266. The summed E-state index contributed by atoms with van der Waals surface area (Å²) in [5.41, 5.74) is 2.48. The Kier molecular flexibility index (Phi) is 8.08. The van der Waals surface area contributed by atoms with Gasteiger partial charge in [-0.15, -0.1) is 0 Å². The molecular weight excluding hydrogens is 434 g/mol. The van der Waals surface area contributed by atoms with Gasteiger partial charge in [0.1, 0.15) is 17.7 Å². The fourth-order valence-electron chi connectivity index (χ4n) is 3.27. The highest BCUT2D eigenvalue weighted by atomic mass is 35.5. The van der Waals surface area contributed by atoms with Crippen LogP contribution < -0.4 is 4.90 Å². The monoisotopic (exact) mass is 459 g/mol. The van der Waals surface area contributed by atoms with Crippen LogP contribution in [0.25, 0.3) is 11.1 Å². The van der Waals surface area contributed by atoms with Gasteiger partial charge in [0.15, 0.2) is 11.9 Å². The Labute approximate surface area is 191 Å². The molecule has 1 N–H and O–H groups in total. The van der Waals surface area contributed by atoms with Crippen LogP contribution in [0, 0.1) is 0 Å². The Bertz CT molecular complexity index is 1080. The number of aromatic hydroxyl groups is 1. The lowest BCUT2D eigenvalue weighted by Crippen LogP contribution is -2.44. The third-order valence-corrected chi connectivity index (χ3v) is 5.33. The first kappa shape index (κ1) is 23.6. The van der Waals surface area contributed by atoms with Gasteiger partial charge in [-0.1, -0.05) is 17.7 Å². The van der Waals surface area contributed by atoms with E-state index in [9.17, 15) is 14.7 Å². The number of anilines is 1. The first-order chi connectivity index (χ1) is 15.4. The number of carbonyl (C=O) groups excluding carboxylic acids is 2. The smallest absolute Gasteiger partial charge is 0.315 e. The maximum Gasteiger partial charge on any atom is 0.315 e. The van der Waals surface area contributed by atoms with Gasteiger partial charge in [0.2, 0.25) is 5.89 Å². The molecule has 1 saturated heterocycles. The van der Waals surface area contributed by atoms with E-state index in [0.29, 0.717) is 40.5 Å². The number of benzene rings is 2. The van der Waals surface area contributed by atoms with Gasteiger partial charge in [-0.25, -0.2) is 4.98 Å². The van der Waals surface area contributed by atoms with E-state index in [0.717, 1.165) is 31.9 Å². The van der Waals surface area contributed by atoms with E-state index < -0.39 is 0 Å². The normalized spacial score (nSPS) is 14.0. The van der Waals surface area contributed by atoms with Crippen molar-refractivity contribution in [1.29, 1.82) is 0 Å². The SMILES string of the molecule is CCOC(=O)Cc1nc2c(Cl)cccc2o1.CN1CCN(c2ccc(C=O)c(O)c2)CC1. The number of hydrogen-bond acceptors (Lipinski definition) is 8. The molecule has 1 aliphatic heterocycles. The van der Waals surface area contributed by atoms with E-state index in [1.165, 1.54) is 0 Å². The summed E-state index contributed by atoms with van der Waals surface area (Å²) in [4.78, 5) is 30.4. The number of phenolic OH excluding ortho intramolecular Hbond substituents is 1. The molecule has 9 heteroatoms. The Morgan fingerprint density at radius 2 is 2.00 bits per heavy atom. The standard InChI is InChI=1S/C12H16N2O2.C11H10ClNO3/c1-13-4-6-14(7-5-13)11-3-2-10(9-15)12(16)8-11;1-2-15-10(14)6-9-13-11-7(12)4-3-5-8(11)16-9/h2-3,8-9,16H,4-7H2,1H3;3-5H,2,6H2,1H3. The van der Waals surface area contributed by atoms with E-state index >= 15 is 0 Å². The van der Waals surface area contributed by atoms with Crippen molar-refractivity contribution in [2.75, 3.05) is 44.7 Å². The lowest BCUT2D eigenvalue weighted by Gasteiger charge is -2.34. The minimum atomic E-state index is -0.356. The largest absolute Gasteiger partial charge is 0.507 e. The number of phenols is 1. The lowest BCUT2D eigenvalue weighted by molar-refractivity contribution is -0.142. The quantitative estimate of drug-likeness (QED) is 0.457. The first-order valence-electron chi connectivity index (χ1n) is 10.3. The van der Waals surface area contributed by atoms with Gasteiger partial charge in [0, 0.05) is 37.9 Å². The van der Waals surface area contributed by atoms with Crippen LogP contribution in [-0.2, 0) is 16.0 Å². The van der Waals surface area contributed by atoms with Gasteiger partial charge in [0.25, 0.3) is 0 Å². The van der Waals surface area contributed by atoms with Gasteiger partial charge in [0.05, 0.1) is 17.2 Å². The number of rotatable bonds is 5. The van der Waals surface area contributed by atoms with Gasteiger partial charge in [-0.2, -0.15) is 0 Å². The highest BCUT2D eigenvalue weighted by Crippen LogP contribution is 2.25. The molecule has 1 aromatic heterocycles. The summed E-state index contributed by atoms with van der Waals surface area (Å²) in [5, 5.41) is 10.1. The van der Waals surface area contributed by atoms with Gasteiger partial charge >= 0.3 is 5.97 Å². The number of nitrogens with zero attached hydrogens (tertiary/aromatic N) is 3. The Morgan fingerprint density at radius 3 is 2.62 bits per heavy atom. The first-order valence-corrected chi connectivity index (χ1v) is 10.7. The van der Waals surface area contributed by atoms with Crippen LogP contribution in [0.5, 0.6) is 5.75 Å². The van der Waals surface area contributed by atoms with Crippen LogP contribution in [0.15, 0.2) is 40.8 Å². The number of ether oxygens (including phenoxy) is 1. The van der Waals surface area contributed by atoms with E-state index in [2.05, 4.69) is 21.8 Å². The Balaban J connectivity index is 0.000000181. The summed E-state index contributed by atoms with van der Waals surface area (Å²) < 4.78 is 10.2. The second-order valence-corrected chi connectivity index (χ2v) is 7.73. The number of esters is 1. The zero-order valence-corrected chi connectivity index (χ0v) is 18.8. The summed E-state index contributed by atoms with van der Waals surface area (Å²) >= 11 is 5.93.